The normalized spacial score (nSPS) is 12.2. The van der Waals surface area contributed by atoms with Crippen LogP contribution in [0.1, 0.15) is 71.8 Å². The van der Waals surface area contributed by atoms with E-state index in [1.165, 1.54) is 44.1 Å². The van der Waals surface area contributed by atoms with Crippen LogP contribution in [0.25, 0.3) is 0 Å². The lowest BCUT2D eigenvalue weighted by Crippen LogP contribution is -2.41. The fraction of sp³-hybridized carbons (Fsp3) is 0.824. The van der Waals surface area contributed by atoms with Gasteiger partial charge in [-0.15, -0.1) is 0 Å². The van der Waals surface area contributed by atoms with Gasteiger partial charge < -0.3 is 37.6 Å². The molecule has 0 unspecified atom stereocenters. The maximum atomic E-state index is 6.09. The molecule has 0 aromatic heterocycles. The first-order chi connectivity index (χ1) is 20.8. The van der Waals surface area contributed by atoms with Crippen LogP contribution in [0.2, 0.25) is 18.1 Å². The molecule has 0 N–H and O–H groups in total. The molecule has 0 aliphatic carbocycles. The van der Waals surface area contributed by atoms with Crippen LogP contribution in [-0.4, -0.2) is 101 Å². The van der Waals surface area contributed by atoms with Crippen molar-refractivity contribution in [3.05, 3.63) is 29.8 Å². The van der Waals surface area contributed by atoms with E-state index in [2.05, 4.69) is 65.1 Å². The number of rotatable bonds is 30. The van der Waals surface area contributed by atoms with Crippen molar-refractivity contribution in [3.8, 4) is 5.75 Å². The Morgan fingerprint density at radius 3 is 1.35 bits per heavy atom. The van der Waals surface area contributed by atoms with E-state index in [1.54, 1.807) is 0 Å². The van der Waals surface area contributed by atoms with Gasteiger partial charge in [-0.1, -0.05) is 71.9 Å². The van der Waals surface area contributed by atoms with Crippen LogP contribution in [0.15, 0.2) is 24.3 Å². The second-order valence-corrected chi connectivity index (χ2v) is 17.1. The van der Waals surface area contributed by atoms with Crippen molar-refractivity contribution in [3.63, 3.8) is 0 Å². The zero-order valence-electron chi connectivity index (χ0n) is 28.4. The molecule has 0 radical (unpaired) electrons. The van der Waals surface area contributed by atoms with E-state index >= 15 is 0 Å². The van der Waals surface area contributed by atoms with Crippen LogP contribution in [0.5, 0.6) is 5.75 Å². The zero-order valence-corrected chi connectivity index (χ0v) is 29.4. The first-order valence-corrected chi connectivity index (χ1v) is 19.5. The number of unbranched alkanes of at least 4 members (excludes halogenated alkanes) is 5. The molecule has 0 saturated heterocycles. The molecule has 0 fully saturated rings. The Morgan fingerprint density at radius 1 is 0.512 bits per heavy atom. The van der Waals surface area contributed by atoms with Crippen molar-refractivity contribution in [2.45, 2.75) is 90.8 Å². The van der Waals surface area contributed by atoms with Crippen LogP contribution in [0.4, 0.5) is 0 Å². The summed E-state index contributed by atoms with van der Waals surface area (Å²) in [5, 5.41) is 0.224. The van der Waals surface area contributed by atoms with Crippen molar-refractivity contribution in [1.82, 2.24) is 0 Å². The summed E-state index contributed by atoms with van der Waals surface area (Å²) < 4.78 is 45.1. The highest BCUT2D eigenvalue weighted by atomic mass is 28.4. The van der Waals surface area contributed by atoms with Crippen molar-refractivity contribution in [2.75, 3.05) is 92.5 Å². The Labute approximate surface area is 264 Å². The topological polar surface area (TPSA) is 73.8 Å². The third-order valence-corrected chi connectivity index (χ3v) is 12.1. The lowest BCUT2D eigenvalue weighted by atomic mass is 10.0. The summed E-state index contributed by atoms with van der Waals surface area (Å²) in [6.45, 7) is 21.2. The van der Waals surface area contributed by atoms with Crippen LogP contribution < -0.4 is 4.74 Å². The quantitative estimate of drug-likeness (QED) is 0.0661. The second-order valence-electron chi connectivity index (χ2n) is 12.3. The maximum Gasteiger partial charge on any atom is 0.192 e. The molecule has 0 atom stereocenters. The molecule has 0 spiro atoms. The summed E-state index contributed by atoms with van der Waals surface area (Å²) in [6.07, 6.45) is 9.13. The standard InChI is InChI=1S/C34H64O8Si/c1-7-8-9-10-11-12-13-32-14-16-33(17-15-32)41-30-28-39-26-24-37-22-20-35-18-19-36-21-23-38-25-27-40-29-31-42-43(5,6)34(2,3)4/h14-17H,7-13,18-31H2,1-6H3. The molecule has 0 aliphatic heterocycles. The Kier molecular flexibility index (Phi) is 24.4. The minimum absolute atomic E-state index is 0.224. The SMILES string of the molecule is CCCCCCCCc1ccc(OCCOCCOCCOCCOCCOCCOCCO[Si](C)(C)C(C)(C)C)cc1. The lowest BCUT2D eigenvalue weighted by molar-refractivity contribution is -0.0189. The Hall–Kier alpha value is -1.04. The van der Waals surface area contributed by atoms with Crippen LogP contribution >= 0.6 is 0 Å². The van der Waals surface area contributed by atoms with Crippen molar-refractivity contribution >= 4 is 8.32 Å². The van der Waals surface area contributed by atoms with Crippen LogP contribution in [0, 0.1) is 0 Å². The molecule has 1 aromatic carbocycles. The number of hydrogen-bond donors (Lipinski definition) is 0. The number of ether oxygens (including phenoxy) is 7. The predicted molar refractivity (Wildman–Crippen MR) is 177 cm³/mol. The second kappa shape index (κ2) is 26.2. The summed E-state index contributed by atoms with van der Waals surface area (Å²) >= 11 is 0. The average molecular weight is 629 g/mol. The van der Waals surface area contributed by atoms with Gasteiger partial charge in [-0.05, 0) is 48.7 Å². The molecule has 252 valence electrons. The molecule has 0 aliphatic rings. The Bertz CT molecular complexity index is 739. The van der Waals surface area contributed by atoms with E-state index in [1.807, 2.05) is 0 Å². The number of benzene rings is 1. The van der Waals surface area contributed by atoms with Gasteiger partial charge in [-0.2, -0.15) is 0 Å². The molecular formula is C34H64O8Si. The highest BCUT2D eigenvalue weighted by molar-refractivity contribution is 6.74. The molecule has 1 rings (SSSR count). The number of aryl methyl sites for hydroxylation is 1. The van der Waals surface area contributed by atoms with Gasteiger partial charge in [-0.3, -0.25) is 0 Å². The fourth-order valence-electron chi connectivity index (χ4n) is 3.85. The molecule has 0 heterocycles. The smallest absolute Gasteiger partial charge is 0.192 e. The van der Waals surface area contributed by atoms with Gasteiger partial charge in [-0.25, -0.2) is 0 Å². The predicted octanol–water partition coefficient (Wildman–Crippen LogP) is 7.09. The van der Waals surface area contributed by atoms with E-state index in [0.29, 0.717) is 92.5 Å². The summed E-state index contributed by atoms with van der Waals surface area (Å²) in [5.74, 6) is 0.893. The molecule has 0 bridgehead atoms. The minimum atomic E-state index is -1.69. The van der Waals surface area contributed by atoms with Gasteiger partial charge in [0, 0.05) is 0 Å². The average Bonchev–Trinajstić information content (AvgIpc) is 2.97. The first kappa shape index (κ1) is 40.0. The molecule has 0 saturated carbocycles. The van der Waals surface area contributed by atoms with E-state index in [4.69, 9.17) is 37.6 Å². The monoisotopic (exact) mass is 628 g/mol. The largest absolute Gasteiger partial charge is 0.491 e. The van der Waals surface area contributed by atoms with E-state index in [9.17, 15) is 0 Å². The molecule has 1 aromatic rings. The molecule has 0 amide bonds. The molecular weight excluding hydrogens is 564 g/mol. The Morgan fingerprint density at radius 2 is 0.907 bits per heavy atom. The first-order valence-electron chi connectivity index (χ1n) is 16.6. The highest BCUT2D eigenvalue weighted by Gasteiger charge is 2.36. The van der Waals surface area contributed by atoms with Crippen molar-refractivity contribution < 1.29 is 37.6 Å². The van der Waals surface area contributed by atoms with Gasteiger partial charge in [0.05, 0.1) is 85.9 Å². The van der Waals surface area contributed by atoms with Crippen molar-refractivity contribution in [1.29, 1.82) is 0 Å². The molecule has 8 nitrogen and oxygen atoms in total. The zero-order chi connectivity index (χ0) is 31.5. The molecule has 9 heteroatoms. The molecule has 43 heavy (non-hydrogen) atoms. The Balaban J connectivity index is 1.78. The number of hydrogen-bond acceptors (Lipinski definition) is 8. The third kappa shape index (κ3) is 23.0. The van der Waals surface area contributed by atoms with Crippen molar-refractivity contribution in [2.24, 2.45) is 0 Å². The third-order valence-electron chi connectivity index (χ3n) is 7.60. The van der Waals surface area contributed by atoms with E-state index < -0.39 is 8.32 Å². The highest BCUT2D eigenvalue weighted by Crippen LogP contribution is 2.36. The van der Waals surface area contributed by atoms with Gasteiger partial charge in [0.25, 0.3) is 0 Å². The van der Waals surface area contributed by atoms with Gasteiger partial charge in [0.15, 0.2) is 8.32 Å². The van der Waals surface area contributed by atoms with E-state index in [-0.39, 0.29) is 5.04 Å². The van der Waals surface area contributed by atoms with Crippen LogP contribution in [-0.2, 0) is 39.3 Å². The van der Waals surface area contributed by atoms with Crippen LogP contribution in [0.3, 0.4) is 0 Å². The van der Waals surface area contributed by atoms with E-state index in [0.717, 1.165) is 12.2 Å². The van der Waals surface area contributed by atoms with Gasteiger partial charge >= 0.3 is 0 Å². The summed E-state index contributed by atoms with van der Waals surface area (Å²) in [5.41, 5.74) is 1.38. The maximum absolute atomic E-state index is 6.09. The summed E-state index contributed by atoms with van der Waals surface area (Å²) in [4.78, 5) is 0. The summed E-state index contributed by atoms with van der Waals surface area (Å²) in [7, 11) is -1.69. The van der Waals surface area contributed by atoms with Gasteiger partial charge in [0.2, 0.25) is 0 Å². The minimum Gasteiger partial charge on any atom is -0.491 e. The fourth-order valence-corrected chi connectivity index (χ4v) is 4.88. The summed E-state index contributed by atoms with van der Waals surface area (Å²) in [6, 6.07) is 8.46. The lowest BCUT2D eigenvalue weighted by Gasteiger charge is -2.36. The van der Waals surface area contributed by atoms with Gasteiger partial charge in [0.1, 0.15) is 12.4 Å².